The second kappa shape index (κ2) is 6.66. The van der Waals surface area contributed by atoms with Gasteiger partial charge >= 0.3 is 0 Å². The van der Waals surface area contributed by atoms with Gasteiger partial charge in [0.05, 0.1) is 12.8 Å². The molecule has 0 aliphatic carbocycles. The molecule has 0 saturated heterocycles. The first-order chi connectivity index (χ1) is 10.2. The number of hydrogen-bond donors (Lipinski definition) is 2. The fraction of sp³-hybridized carbons (Fsp3) is 0.333. The fourth-order valence-electron chi connectivity index (χ4n) is 1.97. The predicted molar refractivity (Wildman–Crippen MR) is 82.6 cm³/mol. The minimum absolute atomic E-state index is 0.335. The van der Waals surface area contributed by atoms with E-state index < -0.39 is 0 Å². The van der Waals surface area contributed by atoms with Gasteiger partial charge < -0.3 is 15.8 Å². The molecule has 21 heavy (non-hydrogen) atoms. The molecule has 0 bridgehead atoms. The quantitative estimate of drug-likeness (QED) is 0.796. The van der Waals surface area contributed by atoms with Crippen LogP contribution in [0.1, 0.15) is 25.3 Å². The number of nitrogen functional groups attached to an aromatic ring is 1. The summed E-state index contributed by atoms with van der Waals surface area (Å²) in [6, 6.07) is 9.45. The molecule has 2 rings (SSSR count). The number of nitriles is 1. The molecule has 0 spiro atoms. The summed E-state index contributed by atoms with van der Waals surface area (Å²) in [6.45, 7) is 2.88. The summed E-state index contributed by atoms with van der Waals surface area (Å²) in [7, 11) is 1.61. The van der Waals surface area contributed by atoms with Crippen LogP contribution in [0.2, 0.25) is 0 Å². The average Bonchev–Trinajstić information content (AvgIpc) is 2.83. The van der Waals surface area contributed by atoms with Gasteiger partial charge in [-0.3, -0.25) is 0 Å². The molecule has 0 radical (unpaired) electrons. The highest BCUT2D eigenvalue weighted by Gasteiger charge is 2.16. The number of unbranched alkanes of at least 4 members (excludes halogenated alkanes) is 1. The van der Waals surface area contributed by atoms with E-state index in [0.717, 1.165) is 30.8 Å². The molecule has 6 nitrogen and oxygen atoms in total. The van der Waals surface area contributed by atoms with Crippen molar-refractivity contribution in [2.45, 2.75) is 19.8 Å². The van der Waals surface area contributed by atoms with Crippen LogP contribution in [-0.4, -0.2) is 23.4 Å². The van der Waals surface area contributed by atoms with Gasteiger partial charge in [-0.1, -0.05) is 13.3 Å². The highest BCUT2D eigenvalue weighted by molar-refractivity contribution is 5.66. The SMILES string of the molecule is CCCCNc1nn(-c2ccc(OC)cc2)c(N)c1C#N. The van der Waals surface area contributed by atoms with E-state index in [-0.39, 0.29) is 0 Å². The molecule has 1 aromatic heterocycles. The smallest absolute Gasteiger partial charge is 0.168 e. The standard InChI is InChI=1S/C15H19N5O/c1-3-4-9-18-15-13(10-16)14(17)20(19-15)11-5-7-12(21-2)8-6-11/h5-8H,3-4,9,17H2,1-2H3,(H,18,19). The lowest BCUT2D eigenvalue weighted by Crippen LogP contribution is -2.04. The topological polar surface area (TPSA) is 88.9 Å². The van der Waals surface area contributed by atoms with Crippen LogP contribution in [0, 0.1) is 11.3 Å². The molecule has 1 aromatic carbocycles. The van der Waals surface area contributed by atoms with E-state index in [2.05, 4.69) is 23.4 Å². The van der Waals surface area contributed by atoms with Crippen LogP contribution in [0.15, 0.2) is 24.3 Å². The summed E-state index contributed by atoms with van der Waals surface area (Å²) < 4.78 is 6.69. The van der Waals surface area contributed by atoms with E-state index >= 15 is 0 Å². The fourth-order valence-corrected chi connectivity index (χ4v) is 1.97. The lowest BCUT2D eigenvalue weighted by Gasteiger charge is -2.05. The lowest BCUT2D eigenvalue weighted by atomic mass is 10.3. The highest BCUT2D eigenvalue weighted by atomic mass is 16.5. The number of methoxy groups -OCH3 is 1. The van der Waals surface area contributed by atoms with Crippen molar-refractivity contribution in [2.24, 2.45) is 0 Å². The number of benzene rings is 1. The Morgan fingerprint density at radius 1 is 1.38 bits per heavy atom. The predicted octanol–water partition coefficient (Wildman–Crippen LogP) is 2.55. The number of nitrogens with two attached hydrogens (primary N) is 1. The summed E-state index contributed by atoms with van der Waals surface area (Å²) >= 11 is 0. The van der Waals surface area contributed by atoms with Gasteiger partial charge in [-0.25, -0.2) is 4.68 Å². The Kier molecular flexibility index (Phi) is 4.67. The van der Waals surface area contributed by atoms with Crippen molar-refractivity contribution in [3.8, 4) is 17.5 Å². The van der Waals surface area contributed by atoms with Crippen LogP contribution in [0.25, 0.3) is 5.69 Å². The maximum absolute atomic E-state index is 9.25. The van der Waals surface area contributed by atoms with E-state index in [0.29, 0.717) is 17.2 Å². The molecular formula is C15H19N5O. The van der Waals surface area contributed by atoms with E-state index in [1.165, 1.54) is 0 Å². The molecule has 0 saturated carbocycles. The number of aromatic nitrogens is 2. The van der Waals surface area contributed by atoms with Crippen molar-refractivity contribution in [3.63, 3.8) is 0 Å². The molecule has 3 N–H and O–H groups in total. The Morgan fingerprint density at radius 2 is 2.10 bits per heavy atom. The monoisotopic (exact) mass is 285 g/mol. The first-order valence-corrected chi connectivity index (χ1v) is 6.88. The first kappa shape index (κ1) is 14.7. The Morgan fingerprint density at radius 3 is 2.67 bits per heavy atom. The molecule has 0 fully saturated rings. The molecular weight excluding hydrogens is 266 g/mol. The molecule has 0 aliphatic rings. The van der Waals surface area contributed by atoms with Crippen LogP contribution in [-0.2, 0) is 0 Å². The Balaban J connectivity index is 2.33. The number of nitrogens with one attached hydrogen (secondary N) is 1. The van der Waals surface area contributed by atoms with Gasteiger partial charge in [0.15, 0.2) is 5.82 Å². The molecule has 0 atom stereocenters. The van der Waals surface area contributed by atoms with Gasteiger partial charge in [0.1, 0.15) is 23.2 Å². The van der Waals surface area contributed by atoms with Gasteiger partial charge in [0.25, 0.3) is 0 Å². The van der Waals surface area contributed by atoms with Crippen molar-refractivity contribution in [3.05, 3.63) is 29.8 Å². The van der Waals surface area contributed by atoms with Crippen LogP contribution < -0.4 is 15.8 Å². The van der Waals surface area contributed by atoms with Crippen molar-refractivity contribution in [1.29, 1.82) is 5.26 Å². The molecule has 6 heteroatoms. The Labute approximate surface area is 124 Å². The zero-order chi connectivity index (χ0) is 15.2. The number of nitrogens with zero attached hydrogens (tertiary/aromatic N) is 3. The van der Waals surface area contributed by atoms with Crippen LogP contribution in [0.5, 0.6) is 5.75 Å². The largest absolute Gasteiger partial charge is 0.497 e. The summed E-state index contributed by atoms with van der Waals surface area (Å²) in [5.74, 6) is 1.62. The number of ether oxygens (including phenoxy) is 1. The van der Waals surface area contributed by atoms with Gasteiger partial charge in [-0.2, -0.15) is 5.26 Å². The number of anilines is 2. The van der Waals surface area contributed by atoms with Gasteiger partial charge in [0, 0.05) is 6.54 Å². The molecule has 0 amide bonds. The zero-order valence-corrected chi connectivity index (χ0v) is 12.3. The van der Waals surface area contributed by atoms with E-state index in [1.807, 2.05) is 24.3 Å². The number of rotatable bonds is 6. The molecule has 1 heterocycles. The summed E-state index contributed by atoms with van der Waals surface area (Å²) in [6.07, 6.45) is 2.09. The van der Waals surface area contributed by atoms with Crippen molar-refractivity contribution >= 4 is 11.6 Å². The maximum atomic E-state index is 9.25. The molecule has 0 aliphatic heterocycles. The summed E-state index contributed by atoms with van der Waals surface area (Å²) in [5.41, 5.74) is 7.19. The van der Waals surface area contributed by atoms with Crippen LogP contribution >= 0.6 is 0 Å². The third-order valence-electron chi connectivity index (χ3n) is 3.17. The van der Waals surface area contributed by atoms with Gasteiger partial charge in [0.2, 0.25) is 0 Å². The minimum Gasteiger partial charge on any atom is -0.497 e. The summed E-state index contributed by atoms with van der Waals surface area (Å²) in [5, 5.41) is 16.8. The van der Waals surface area contributed by atoms with Gasteiger partial charge in [-0.05, 0) is 30.7 Å². The van der Waals surface area contributed by atoms with E-state index in [1.54, 1.807) is 11.8 Å². The van der Waals surface area contributed by atoms with Crippen LogP contribution in [0.3, 0.4) is 0 Å². The summed E-state index contributed by atoms with van der Waals surface area (Å²) in [4.78, 5) is 0. The Hall–Kier alpha value is -2.68. The minimum atomic E-state index is 0.335. The average molecular weight is 285 g/mol. The maximum Gasteiger partial charge on any atom is 0.168 e. The highest BCUT2D eigenvalue weighted by Crippen LogP contribution is 2.25. The lowest BCUT2D eigenvalue weighted by molar-refractivity contribution is 0.414. The molecule has 0 unspecified atom stereocenters. The molecule has 110 valence electrons. The van der Waals surface area contributed by atoms with E-state index in [9.17, 15) is 5.26 Å². The number of hydrogen-bond acceptors (Lipinski definition) is 5. The third kappa shape index (κ3) is 3.08. The normalized spacial score (nSPS) is 10.1. The van der Waals surface area contributed by atoms with Crippen LogP contribution in [0.4, 0.5) is 11.6 Å². The third-order valence-corrected chi connectivity index (χ3v) is 3.17. The van der Waals surface area contributed by atoms with Crippen molar-refractivity contribution in [1.82, 2.24) is 9.78 Å². The first-order valence-electron chi connectivity index (χ1n) is 6.88. The van der Waals surface area contributed by atoms with E-state index in [4.69, 9.17) is 10.5 Å². The van der Waals surface area contributed by atoms with Gasteiger partial charge in [-0.15, -0.1) is 5.10 Å². The second-order valence-corrected chi connectivity index (χ2v) is 4.61. The van der Waals surface area contributed by atoms with Crippen molar-refractivity contribution in [2.75, 3.05) is 24.7 Å². The zero-order valence-electron chi connectivity index (χ0n) is 12.3. The molecule has 2 aromatic rings. The second-order valence-electron chi connectivity index (χ2n) is 4.61. The Bertz CT molecular complexity index is 639. The van der Waals surface area contributed by atoms with Crippen molar-refractivity contribution < 1.29 is 4.74 Å².